The predicted molar refractivity (Wildman–Crippen MR) is 112 cm³/mol. The summed E-state index contributed by atoms with van der Waals surface area (Å²) < 4.78 is 11.6. The molecule has 30 heavy (non-hydrogen) atoms. The summed E-state index contributed by atoms with van der Waals surface area (Å²) in [6.45, 7) is 12.0. The van der Waals surface area contributed by atoms with E-state index in [9.17, 15) is 9.90 Å². The van der Waals surface area contributed by atoms with Crippen molar-refractivity contribution in [2.24, 2.45) is 11.8 Å². The molecule has 0 aromatic carbocycles. The molecule has 8 nitrogen and oxygen atoms in total. The molecule has 2 aromatic heterocycles. The summed E-state index contributed by atoms with van der Waals surface area (Å²) in [4.78, 5) is 25.9. The van der Waals surface area contributed by atoms with Gasteiger partial charge in [0.2, 0.25) is 5.88 Å². The van der Waals surface area contributed by atoms with E-state index in [0.29, 0.717) is 53.8 Å². The molecule has 0 bridgehead atoms. The highest BCUT2D eigenvalue weighted by molar-refractivity contribution is 5.96. The smallest absolute Gasteiger partial charge is 0.297 e. The molecule has 2 fully saturated rings. The molecule has 2 aliphatic rings. The molecule has 8 heteroatoms. The summed E-state index contributed by atoms with van der Waals surface area (Å²) in [6, 6.07) is 4.10. The standard InChI is InChI=1S/C22H30N4O4/c1-13(2)29-19-17(7-6-8-23-19)20(27)25-9-15-11-26(12-16(15)10-25)21-24-18(14(3)30-21)22(4,5)28/h6-8,13,15-16,28H,9-12H2,1-5H3. The normalized spacial score (nSPS) is 21.4. The number of carbonyl (C=O) groups is 1. The quantitative estimate of drug-likeness (QED) is 0.804. The Bertz CT molecular complexity index is 919. The number of rotatable bonds is 5. The molecule has 2 unspecified atom stereocenters. The van der Waals surface area contributed by atoms with Gasteiger partial charge in [-0.15, -0.1) is 0 Å². The fraction of sp³-hybridized carbons (Fsp3) is 0.591. The van der Waals surface area contributed by atoms with Crippen molar-refractivity contribution < 1.29 is 19.1 Å². The fourth-order valence-corrected chi connectivity index (χ4v) is 4.44. The number of amides is 1. The van der Waals surface area contributed by atoms with E-state index in [0.717, 1.165) is 13.1 Å². The largest absolute Gasteiger partial charge is 0.474 e. The van der Waals surface area contributed by atoms with Gasteiger partial charge < -0.3 is 24.1 Å². The highest BCUT2D eigenvalue weighted by Gasteiger charge is 2.43. The average molecular weight is 415 g/mol. The third kappa shape index (κ3) is 3.88. The van der Waals surface area contributed by atoms with Crippen LogP contribution >= 0.6 is 0 Å². The van der Waals surface area contributed by atoms with Gasteiger partial charge in [0, 0.05) is 44.2 Å². The minimum Gasteiger partial charge on any atom is -0.474 e. The van der Waals surface area contributed by atoms with Gasteiger partial charge in [-0.25, -0.2) is 4.98 Å². The average Bonchev–Trinajstić information content (AvgIpc) is 3.33. The van der Waals surface area contributed by atoms with Gasteiger partial charge in [0.25, 0.3) is 11.9 Å². The van der Waals surface area contributed by atoms with Crippen LogP contribution in [0.25, 0.3) is 0 Å². The van der Waals surface area contributed by atoms with E-state index < -0.39 is 5.60 Å². The molecule has 2 saturated heterocycles. The van der Waals surface area contributed by atoms with Gasteiger partial charge in [-0.1, -0.05) is 0 Å². The second-order valence-corrected chi connectivity index (χ2v) is 9.12. The van der Waals surface area contributed by atoms with E-state index in [2.05, 4.69) is 14.9 Å². The van der Waals surface area contributed by atoms with Crippen LogP contribution in [0.3, 0.4) is 0 Å². The summed E-state index contributed by atoms with van der Waals surface area (Å²) in [6.07, 6.45) is 1.60. The van der Waals surface area contributed by atoms with E-state index in [1.165, 1.54) is 0 Å². The van der Waals surface area contributed by atoms with Crippen molar-refractivity contribution in [3.05, 3.63) is 35.3 Å². The molecule has 0 saturated carbocycles. The van der Waals surface area contributed by atoms with Crippen molar-refractivity contribution in [1.82, 2.24) is 14.9 Å². The number of hydrogen-bond acceptors (Lipinski definition) is 7. The number of likely N-dealkylation sites (tertiary alicyclic amines) is 1. The van der Waals surface area contributed by atoms with Gasteiger partial charge in [0.15, 0.2) is 0 Å². The van der Waals surface area contributed by atoms with E-state index in [1.807, 2.05) is 25.7 Å². The Morgan fingerprint density at radius 2 is 1.93 bits per heavy atom. The third-order valence-electron chi connectivity index (χ3n) is 5.76. The van der Waals surface area contributed by atoms with Gasteiger partial charge >= 0.3 is 0 Å². The Hall–Kier alpha value is -2.61. The second kappa shape index (κ2) is 7.58. The second-order valence-electron chi connectivity index (χ2n) is 9.12. The van der Waals surface area contributed by atoms with Gasteiger partial charge in [0.05, 0.1) is 6.10 Å². The maximum Gasteiger partial charge on any atom is 0.297 e. The van der Waals surface area contributed by atoms with Crippen molar-refractivity contribution in [2.75, 3.05) is 31.1 Å². The van der Waals surface area contributed by atoms with E-state index in [1.54, 1.807) is 32.2 Å². The van der Waals surface area contributed by atoms with Crippen LogP contribution in [-0.2, 0) is 5.60 Å². The van der Waals surface area contributed by atoms with E-state index >= 15 is 0 Å². The number of anilines is 1. The monoisotopic (exact) mass is 414 g/mol. The topological polar surface area (TPSA) is 91.9 Å². The Morgan fingerprint density at radius 1 is 1.27 bits per heavy atom. The zero-order valence-corrected chi connectivity index (χ0v) is 18.3. The minimum atomic E-state index is -1.04. The zero-order valence-electron chi connectivity index (χ0n) is 18.3. The number of aromatic nitrogens is 2. The maximum atomic E-state index is 13.1. The Labute approximate surface area is 176 Å². The molecule has 2 aromatic rings. The molecule has 0 radical (unpaired) electrons. The number of nitrogens with zero attached hydrogens (tertiary/aromatic N) is 4. The Morgan fingerprint density at radius 3 is 2.50 bits per heavy atom. The van der Waals surface area contributed by atoms with E-state index in [-0.39, 0.29) is 12.0 Å². The summed E-state index contributed by atoms with van der Waals surface area (Å²) in [5.74, 6) is 1.72. The molecular weight excluding hydrogens is 384 g/mol. The van der Waals surface area contributed by atoms with Crippen molar-refractivity contribution in [2.45, 2.75) is 46.3 Å². The summed E-state index contributed by atoms with van der Waals surface area (Å²) >= 11 is 0. The van der Waals surface area contributed by atoms with Crippen LogP contribution in [0.15, 0.2) is 22.7 Å². The third-order valence-corrected chi connectivity index (χ3v) is 5.76. The van der Waals surface area contributed by atoms with Gasteiger partial charge in [0.1, 0.15) is 22.6 Å². The molecule has 1 N–H and O–H groups in total. The molecular formula is C22H30N4O4. The lowest BCUT2D eigenvalue weighted by Gasteiger charge is -2.22. The lowest BCUT2D eigenvalue weighted by molar-refractivity contribution is 0.0727. The zero-order chi connectivity index (χ0) is 21.6. The molecule has 162 valence electrons. The number of pyridine rings is 1. The van der Waals surface area contributed by atoms with Crippen molar-refractivity contribution in [3.63, 3.8) is 0 Å². The van der Waals surface area contributed by atoms with Crippen LogP contribution in [-0.4, -0.2) is 58.2 Å². The minimum absolute atomic E-state index is 0.0315. The first-order chi connectivity index (χ1) is 14.1. The number of hydrogen-bond donors (Lipinski definition) is 1. The van der Waals surface area contributed by atoms with Gasteiger partial charge in [-0.05, 0) is 46.8 Å². The first-order valence-electron chi connectivity index (χ1n) is 10.5. The summed E-state index contributed by atoms with van der Waals surface area (Å²) in [7, 11) is 0. The van der Waals surface area contributed by atoms with Crippen molar-refractivity contribution in [1.29, 1.82) is 0 Å². The molecule has 1 amide bonds. The highest BCUT2D eigenvalue weighted by atomic mass is 16.5. The molecule has 0 aliphatic carbocycles. The van der Waals surface area contributed by atoms with E-state index in [4.69, 9.17) is 9.15 Å². The molecule has 0 spiro atoms. The molecule has 2 atom stereocenters. The number of oxazole rings is 1. The van der Waals surface area contributed by atoms with Crippen molar-refractivity contribution >= 4 is 11.9 Å². The number of fused-ring (bicyclic) bond motifs is 1. The predicted octanol–water partition coefficient (Wildman–Crippen LogP) is 2.60. The lowest BCUT2D eigenvalue weighted by Crippen LogP contribution is -2.34. The SMILES string of the molecule is Cc1oc(N2CC3CN(C(=O)c4cccnc4OC(C)C)CC3C2)nc1C(C)(C)O. The Kier molecular flexibility index (Phi) is 5.22. The van der Waals surface area contributed by atoms with Gasteiger partial charge in [-0.2, -0.15) is 4.98 Å². The van der Waals surface area contributed by atoms with Crippen LogP contribution in [0.4, 0.5) is 6.01 Å². The van der Waals surface area contributed by atoms with Crippen molar-refractivity contribution in [3.8, 4) is 5.88 Å². The van der Waals surface area contributed by atoms with Crippen LogP contribution < -0.4 is 9.64 Å². The summed E-state index contributed by atoms with van der Waals surface area (Å²) in [5, 5.41) is 10.3. The first-order valence-corrected chi connectivity index (χ1v) is 10.5. The number of aryl methyl sites for hydroxylation is 1. The number of carbonyl (C=O) groups excluding carboxylic acids is 1. The Balaban J connectivity index is 1.44. The van der Waals surface area contributed by atoms with Crippen LogP contribution in [0, 0.1) is 18.8 Å². The van der Waals surface area contributed by atoms with Gasteiger partial charge in [-0.3, -0.25) is 4.79 Å². The highest BCUT2D eigenvalue weighted by Crippen LogP contribution is 2.36. The fourth-order valence-electron chi connectivity index (χ4n) is 4.44. The van der Waals surface area contributed by atoms with Crippen LogP contribution in [0.1, 0.15) is 49.5 Å². The number of ether oxygens (including phenoxy) is 1. The first kappa shape index (κ1) is 20.7. The maximum absolute atomic E-state index is 13.1. The van der Waals surface area contributed by atoms with Crippen LogP contribution in [0.2, 0.25) is 0 Å². The lowest BCUT2D eigenvalue weighted by atomic mass is 10.0. The summed E-state index contributed by atoms with van der Waals surface area (Å²) in [5.41, 5.74) is 0.0474. The molecule has 2 aliphatic heterocycles. The van der Waals surface area contributed by atoms with Crippen LogP contribution in [0.5, 0.6) is 5.88 Å². The molecule has 4 rings (SSSR count). The number of aliphatic hydroxyl groups is 1. The molecule has 4 heterocycles.